The summed E-state index contributed by atoms with van der Waals surface area (Å²) in [5, 5.41) is 9.39. The lowest BCUT2D eigenvalue weighted by Gasteiger charge is -1.98. The molecule has 1 aromatic heterocycles. The van der Waals surface area contributed by atoms with Crippen LogP contribution in [0.1, 0.15) is 11.5 Å². The van der Waals surface area contributed by atoms with Gasteiger partial charge in [0.15, 0.2) is 17.1 Å². The van der Waals surface area contributed by atoms with Gasteiger partial charge in [0.2, 0.25) is 12.7 Å². The lowest BCUT2D eigenvalue weighted by molar-refractivity contribution is 0.174. The number of para-hydroxylation sites is 2. The van der Waals surface area contributed by atoms with Gasteiger partial charge in [0.25, 0.3) is 0 Å². The van der Waals surface area contributed by atoms with Gasteiger partial charge in [-0.25, -0.2) is 4.98 Å². The number of allylic oxidation sites excluding steroid dienone is 1. The van der Waals surface area contributed by atoms with Gasteiger partial charge in [-0.2, -0.15) is 5.26 Å². The van der Waals surface area contributed by atoms with Crippen LogP contribution in [0.25, 0.3) is 22.7 Å². The first kappa shape index (κ1) is 12.5. The second-order valence-corrected chi connectivity index (χ2v) is 4.77. The molecule has 1 aliphatic rings. The van der Waals surface area contributed by atoms with E-state index in [0.29, 0.717) is 28.5 Å². The molecule has 5 nitrogen and oxygen atoms in total. The molecule has 0 spiro atoms. The van der Waals surface area contributed by atoms with Crippen molar-refractivity contribution in [2.75, 3.05) is 6.79 Å². The molecule has 0 aliphatic carbocycles. The van der Waals surface area contributed by atoms with Gasteiger partial charge in [-0.05, 0) is 35.9 Å². The molecule has 0 atom stereocenters. The van der Waals surface area contributed by atoms with Crippen molar-refractivity contribution < 1.29 is 13.9 Å². The minimum Gasteiger partial charge on any atom is -0.454 e. The Kier molecular flexibility index (Phi) is 2.80. The Morgan fingerprint density at radius 2 is 2.00 bits per heavy atom. The minimum absolute atomic E-state index is 0.221. The lowest BCUT2D eigenvalue weighted by atomic mass is 10.1. The number of benzene rings is 2. The summed E-state index contributed by atoms with van der Waals surface area (Å²) >= 11 is 0. The van der Waals surface area contributed by atoms with Crippen LogP contribution < -0.4 is 9.47 Å². The highest BCUT2D eigenvalue weighted by Gasteiger charge is 2.14. The Bertz CT molecular complexity index is 901. The van der Waals surface area contributed by atoms with Crippen molar-refractivity contribution in [3.63, 3.8) is 0 Å². The molecule has 106 valence electrons. The van der Waals surface area contributed by atoms with E-state index in [2.05, 4.69) is 11.1 Å². The number of ether oxygens (including phenoxy) is 2. The monoisotopic (exact) mass is 290 g/mol. The van der Waals surface area contributed by atoms with Crippen LogP contribution in [0.4, 0.5) is 0 Å². The molecule has 0 amide bonds. The summed E-state index contributed by atoms with van der Waals surface area (Å²) in [6, 6.07) is 15.0. The van der Waals surface area contributed by atoms with E-state index in [1.165, 1.54) is 0 Å². The molecule has 0 unspecified atom stereocenters. The summed E-state index contributed by atoms with van der Waals surface area (Å²) < 4.78 is 16.2. The topological polar surface area (TPSA) is 68.3 Å². The second kappa shape index (κ2) is 4.93. The summed E-state index contributed by atoms with van der Waals surface area (Å²) in [5.74, 6) is 1.68. The zero-order chi connectivity index (χ0) is 14.9. The van der Waals surface area contributed by atoms with E-state index in [4.69, 9.17) is 13.9 Å². The van der Waals surface area contributed by atoms with Crippen LogP contribution in [0.2, 0.25) is 0 Å². The number of hydrogen-bond donors (Lipinski definition) is 0. The van der Waals surface area contributed by atoms with Crippen LogP contribution in [-0.2, 0) is 0 Å². The van der Waals surface area contributed by atoms with Gasteiger partial charge >= 0.3 is 0 Å². The maximum Gasteiger partial charge on any atom is 0.238 e. The van der Waals surface area contributed by atoms with Gasteiger partial charge < -0.3 is 13.9 Å². The number of fused-ring (bicyclic) bond motifs is 2. The fourth-order valence-corrected chi connectivity index (χ4v) is 2.30. The first-order valence-corrected chi connectivity index (χ1v) is 6.71. The standard InChI is InChI=1S/C17H10N2O3/c18-9-12(17-19-13-3-1-2-4-14(13)22-17)7-11-5-6-15-16(8-11)21-10-20-15/h1-8H,10H2/b12-7+. The van der Waals surface area contributed by atoms with E-state index in [-0.39, 0.29) is 6.79 Å². The van der Waals surface area contributed by atoms with Crippen LogP contribution in [0, 0.1) is 11.3 Å². The SMILES string of the molecule is N#C/C(=C\c1ccc2c(c1)OCO2)c1nc2ccccc2o1. The highest BCUT2D eigenvalue weighted by atomic mass is 16.7. The van der Waals surface area contributed by atoms with Crippen LogP contribution in [0.5, 0.6) is 11.5 Å². The summed E-state index contributed by atoms with van der Waals surface area (Å²) in [5.41, 5.74) is 2.56. The molecule has 1 aliphatic heterocycles. The van der Waals surface area contributed by atoms with Crippen LogP contribution in [0.3, 0.4) is 0 Å². The molecule has 0 saturated carbocycles. The highest BCUT2D eigenvalue weighted by molar-refractivity contribution is 5.89. The third-order valence-corrected chi connectivity index (χ3v) is 3.35. The second-order valence-electron chi connectivity index (χ2n) is 4.77. The zero-order valence-electron chi connectivity index (χ0n) is 11.4. The van der Waals surface area contributed by atoms with E-state index >= 15 is 0 Å². The van der Waals surface area contributed by atoms with Crippen molar-refractivity contribution in [3.8, 4) is 17.6 Å². The van der Waals surface area contributed by atoms with Crippen molar-refractivity contribution in [1.82, 2.24) is 4.98 Å². The Morgan fingerprint density at radius 3 is 2.86 bits per heavy atom. The maximum atomic E-state index is 9.39. The third-order valence-electron chi connectivity index (χ3n) is 3.35. The van der Waals surface area contributed by atoms with E-state index in [1.807, 2.05) is 42.5 Å². The zero-order valence-corrected chi connectivity index (χ0v) is 11.4. The molecule has 0 radical (unpaired) electrons. The molecule has 0 fully saturated rings. The molecule has 3 aromatic rings. The molecular formula is C17H10N2O3. The van der Waals surface area contributed by atoms with E-state index in [9.17, 15) is 5.26 Å². The Balaban J connectivity index is 1.76. The predicted molar refractivity (Wildman–Crippen MR) is 80.1 cm³/mol. The average molecular weight is 290 g/mol. The van der Waals surface area contributed by atoms with E-state index in [0.717, 1.165) is 11.1 Å². The van der Waals surface area contributed by atoms with Crippen molar-refractivity contribution in [2.24, 2.45) is 0 Å². The van der Waals surface area contributed by atoms with Gasteiger partial charge in [0.05, 0.1) is 0 Å². The van der Waals surface area contributed by atoms with Gasteiger partial charge in [-0.15, -0.1) is 0 Å². The van der Waals surface area contributed by atoms with Gasteiger partial charge in [-0.3, -0.25) is 0 Å². The molecule has 2 aromatic carbocycles. The molecule has 2 heterocycles. The number of aromatic nitrogens is 1. The van der Waals surface area contributed by atoms with Crippen molar-refractivity contribution in [2.45, 2.75) is 0 Å². The molecule has 4 rings (SSSR count). The highest BCUT2D eigenvalue weighted by Crippen LogP contribution is 2.33. The average Bonchev–Trinajstić information content (AvgIpc) is 3.18. The molecule has 0 bridgehead atoms. The number of rotatable bonds is 2. The normalized spacial score (nSPS) is 13.3. The fourth-order valence-electron chi connectivity index (χ4n) is 2.30. The number of nitrogens with zero attached hydrogens (tertiary/aromatic N) is 2. The minimum atomic E-state index is 0.221. The third kappa shape index (κ3) is 2.07. The first-order chi connectivity index (χ1) is 10.8. The summed E-state index contributed by atoms with van der Waals surface area (Å²) in [4.78, 5) is 4.34. The van der Waals surface area contributed by atoms with Gasteiger partial charge in [0, 0.05) is 0 Å². The van der Waals surface area contributed by atoms with E-state index in [1.54, 1.807) is 6.08 Å². The summed E-state index contributed by atoms with van der Waals surface area (Å²) in [7, 11) is 0. The Labute approximate surface area is 126 Å². The smallest absolute Gasteiger partial charge is 0.238 e. The first-order valence-electron chi connectivity index (χ1n) is 6.71. The Morgan fingerprint density at radius 1 is 1.14 bits per heavy atom. The van der Waals surface area contributed by atoms with Gasteiger partial charge in [0.1, 0.15) is 17.2 Å². The van der Waals surface area contributed by atoms with Crippen LogP contribution in [0.15, 0.2) is 46.9 Å². The number of oxazole rings is 1. The molecule has 5 heteroatoms. The fraction of sp³-hybridized carbons (Fsp3) is 0.0588. The van der Waals surface area contributed by atoms with Crippen LogP contribution >= 0.6 is 0 Å². The molecule has 22 heavy (non-hydrogen) atoms. The van der Waals surface area contributed by atoms with Crippen LogP contribution in [-0.4, -0.2) is 11.8 Å². The van der Waals surface area contributed by atoms with Crippen molar-refractivity contribution in [3.05, 3.63) is 53.9 Å². The molecular weight excluding hydrogens is 280 g/mol. The number of hydrogen-bond acceptors (Lipinski definition) is 5. The molecule has 0 N–H and O–H groups in total. The van der Waals surface area contributed by atoms with E-state index < -0.39 is 0 Å². The summed E-state index contributed by atoms with van der Waals surface area (Å²) in [6.45, 7) is 0.221. The number of nitriles is 1. The van der Waals surface area contributed by atoms with Crippen molar-refractivity contribution in [1.29, 1.82) is 5.26 Å². The Hall–Kier alpha value is -3.26. The quantitative estimate of drug-likeness (QED) is 0.674. The lowest BCUT2D eigenvalue weighted by Crippen LogP contribution is -1.92. The maximum absolute atomic E-state index is 9.39. The predicted octanol–water partition coefficient (Wildman–Crippen LogP) is 3.62. The summed E-state index contributed by atoms with van der Waals surface area (Å²) in [6.07, 6.45) is 1.71. The van der Waals surface area contributed by atoms with Crippen molar-refractivity contribution >= 4 is 22.7 Å². The van der Waals surface area contributed by atoms with Gasteiger partial charge in [-0.1, -0.05) is 18.2 Å². The molecule has 0 saturated heterocycles. The largest absolute Gasteiger partial charge is 0.454 e.